The molecule has 0 saturated heterocycles. The van der Waals surface area contributed by atoms with E-state index in [9.17, 15) is 19.2 Å². The normalized spacial score (nSPS) is 11.6. The zero-order valence-corrected chi connectivity index (χ0v) is 43.5. The van der Waals surface area contributed by atoms with Gasteiger partial charge in [0, 0.05) is 24.3 Å². The summed E-state index contributed by atoms with van der Waals surface area (Å²) in [5.41, 5.74) is 2.43. The molecule has 0 N–H and O–H groups in total. The average molecular weight is 1010 g/mol. The summed E-state index contributed by atoms with van der Waals surface area (Å²) in [7, 11) is 5.93. The van der Waals surface area contributed by atoms with E-state index in [-0.39, 0.29) is 45.3 Å². The van der Waals surface area contributed by atoms with Gasteiger partial charge < -0.3 is 47.4 Å². The lowest BCUT2D eigenvalue weighted by Crippen LogP contribution is -2.14. The quantitative estimate of drug-likeness (QED) is 0.0354. The van der Waals surface area contributed by atoms with Crippen molar-refractivity contribution in [2.45, 2.75) is 79.1 Å². The first-order valence-corrected chi connectivity index (χ1v) is 25.0. The van der Waals surface area contributed by atoms with E-state index in [1.807, 2.05) is 0 Å². The molecule has 0 aliphatic carbocycles. The summed E-state index contributed by atoms with van der Waals surface area (Å²) >= 11 is 0. The maximum atomic E-state index is 13.3. The molecule has 2 unspecified atom stereocenters. The minimum atomic E-state index is -0.678. The van der Waals surface area contributed by atoms with Crippen molar-refractivity contribution in [3.63, 3.8) is 0 Å². The second-order valence-electron chi connectivity index (χ2n) is 17.5. The van der Waals surface area contributed by atoms with Gasteiger partial charge in [-0.2, -0.15) is 0 Å². The second-order valence-corrected chi connectivity index (χ2v) is 17.5. The van der Waals surface area contributed by atoms with Gasteiger partial charge >= 0.3 is 23.9 Å². The van der Waals surface area contributed by atoms with Gasteiger partial charge in [0.25, 0.3) is 0 Å². The monoisotopic (exact) mass is 1010 g/mol. The zero-order chi connectivity index (χ0) is 53.0. The third-order valence-corrected chi connectivity index (χ3v) is 12.5. The molecule has 6 aromatic rings. The van der Waals surface area contributed by atoms with Gasteiger partial charge in [0.1, 0.15) is 45.6 Å². The first-order chi connectivity index (χ1) is 35.9. The van der Waals surface area contributed by atoms with Crippen LogP contribution in [-0.4, -0.2) is 65.5 Å². The van der Waals surface area contributed by atoms with E-state index in [1.54, 1.807) is 60.7 Å². The van der Waals surface area contributed by atoms with E-state index in [0.29, 0.717) is 59.5 Å². The van der Waals surface area contributed by atoms with Crippen molar-refractivity contribution >= 4 is 23.9 Å². The molecular formula is C60H66O14. The van der Waals surface area contributed by atoms with Gasteiger partial charge in [0.2, 0.25) is 0 Å². The highest BCUT2D eigenvalue weighted by molar-refractivity contribution is 5.96. The molecule has 0 bridgehead atoms. The Bertz CT molecular complexity index is 2590. The van der Waals surface area contributed by atoms with Crippen molar-refractivity contribution in [1.29, 1.82) is 0 Å². The SMILES string of the molecule is CCCCC(CC)COc1cc(OC)c(C(=O)Oc2ccc(C(=O)Oc3ccc(-c4ccc(OC(=O)c5ccc(OC(=O)c6cc(OC)c(OCC(CC)CCCC)cc6OC)cc5)cc4)cc3)cc2)cc1OC. The van der Waals surface area contributed by atoms with Crippen LogP contribution in [0.3, 0.4) is 0 Å². The van der Waals surface area contributed by atoms with E-state index < -0.39 is 23.9 Å². The molecule has 2 atom stereocenters. The molecule has 0 saturated carbocycles. The van der Waals surface area contributed by atoms with Crippen molar-refractivity contribution in [2.24, 2.45) is 11.8 Å². The van der Waals surface area contributed by atoms with Crippen LogP contribution in [0.25, 0.3) is 11.1 Å². The molecule has 74 heavy (non-hydrogen) atoms. The Morgan fingerprint density at radius 2 is 0.689 bits per heavy atom. The van der Waals surface area contributed by atoms with Crippen molar-refractivity contribution < 1.29 is 66.5 Å². The highest BCUT2D eigenvalue weighted by Gasteiger charge is 2.23. The summed E-state index contributed by atoms with van der Waals surface area (Å²) in [4.78, 5) is 52.8. The standard InChI is InChI=1S/C60H66O14/c1-9-13-15-39(11-3)37-69-55-35-51(65-5)49(33-53(55)67-7)59(63)73-47-29-21-43(22-30-47)57(61)71-45-25-17-41(18-26-45)42-19-27-46(28-20-42)72-58(62)44-23-31-48(32-24-44)74-60(64)50-34-54(68-8)56(36-52(50)66-6)70-38-40(12-4)16-14-10-2/h17-36,39-40H,9-16,37-38H2,1-8H3. The number of carbonyl (C=O) groups excluding carboxylic acids is 4. The molecule has 0 aliphatic rings. The van der Waals surface area contributed by atoms with Crippen LogP contribution in [0.4, 0.5) is 0 Å². The van der Waals surface area contributed by atoms with Crippen LogP contribution in [0.15, 0.2) is 121 Å². The summed E-state index contributed by atoms with van der Waals surface area (Å²) in [5, 5.41) is 0. The average Bonchev–Trinajstić information content (AvgIpc) is 3.43. The summed E-state index contributed by atoms with van der Waals surface area (Å²) < 4.78 is 56.9. The number of hydrogen-bond donors (Lipinski definition) is 0. The predicted octanol–water partition coefficient (Wildman–Crippen LogP) is 13.5. The number of ether oxygens (including phenoxy) is 10. The van der Waals surface area contributed by atoms with E-state index in [0.717, 1.165) is 62.5 Å². The van der Waals surface area contributed by atoms with E-state index in [2.05, 4.69) is 27.7 Å². The molecule has 6 aromatic carbocycles. The van der Waals surface area contributed by atoms with Gasteiger partial charge in [-0.05, 0) is 109 Å². The predicted molar refractivity (Wildman–Crippen MR) is 281 cm³/mol. The Morgan fingerprint density at radius 1 is 0.378 bits per heavy atom. The molecule has 0 radical (unpaired) electrons. The molecule has 0 spiro atoms. The van der Waals surface area contributed by atoms with Gasteiger partial charge in [-0.15, -0.1) is 0 Å². The van der Waals surface area contributed by atoms with Crippen LogP contribution < -0.4 is 47.4 Å². The Hall–Kier alpha value is -8.00. The van der Waals surface area contributed by atoms with E-state index in [1.165, 1.54) is 89.1 Å². The number of unbranched alkanes of at least 4 members (excludes halogenated alkanes) is 2. The lowest BCUT2D eigenvalue weighted by Gasteiger charge is -2.18. The lowest BCUT2D eigenvalue weighted by atomic mass is 10.0. The molecule has 6 rings (SSSR count). The number of hydrogen-bond acceptors (Lipinski definition) is 14. The molecule has 0 amide bonds. The molecule has 0 aliphatic heterocycles. The van der Waals surface area contributed by atoms with Crippen molar-refractivity contribution in [2.75, 3.05) is 41.7 Å². The molecule has 14 heteroatoms. The van der Waals surface area contributed by atoms with Crippen LogP contribution in [0.1, 0.15) is 120 Å². The molecule has 14 nitrogen and oxygen atoms in total. The lowest BCUT2D eigenvalue weighted by molar-refractivity contribution is 0.0717. The van der Waals surface area contributed by atoms with Gasteiger partial charge in [-0.25, -0.2) is 19.2 Å². The van der Waals surface area contributed by atoms with Crippen LogP contribution in [0, 0.1) is 11.8 Å². The fourth-order valence-electron chi connectivity index (χ4n) is 7.90. The number of benzene rings is 6. The highest BCUT2D eigenvalue weighted by Crippen LogP contribution is 2.38. The van der Waals surface area contributed by atoms with Crippen LogP contribution >= 0.6 is 0 Å². The number of carbonyl (C=O) groups is 4. The summed E-state index contributed by atoms with van der Waals surface area (Å²) in [6, 6.07) is 32.2. The van der Waals surface area contributed by atoms with E-state index in [4.69, 9.17) is 47.4 Å². The van der Waals surface area contributed by atoms with E-state index >= 15 is 0 Å². The molecule has 0 fully saturated rings. The van der Waals surface area contributed by atoms with Crippen LogP contribution in [0.5, 0.6) is 57.5 Å². The summed E-state index contributed by atoms with van der Waals surface area (Å²) in [6.45, 7) is 9.65. The Morgan fingerprint density at radius 3 is 0.986 bits per heavy atom. The smallest absolute Gasteiger partial charge is 0.347 e. The number of esters is 4. The van der Waals surface area contributed by atoms with Gasteiger partial charge in [0.05, 0.1) is 52.8 Å². The Kier molecular flexibility index (Phi) is 20.7. The van der Waals surface area contributed by atoms with Gasteiger partial charge in [0.15, 0.2) is 23.0 Å². The first kappa shape index (κ1) is 55.3. The molecule has 0 heterocycles. The maximum Gasteiger partial charge on any atom is 0.347 e. The van der Waals surface area contributed by atoms with Gasteiger partial charge in [-0.1, -0.05) is 90.5 Å². The van der Waals surface area contributed by atoms with Crippen LogP contribution in [-0.2, 0) is 0 Å². The minimum absolute atomic E-state index is 0.148. The Balaban J connectivity index is 0.988. The third-order valence-electron chi connectivity index (χ3n) is 12.5. The largest absolute Gasteiger partial charge is 0.496 e. The second kappa shape index (κ2) is 27.7. The zero-order valence-electron chi connectivity index (χ0n) is 43.5. The van der Waals surface area contributed by atoms with Crippen LogP contribution in [0.2, 0.25) is 0 Å². The summed E-state index contributed by atoms with van der Waals surface area (Å²) in [6.07, 6.45) is 8.59. The highest BCUT2D eigenvalue weighted by atomic mass is 16.6. The van der Waals surface area contributed by atoms with Crippen molar-refractivity contribution in [1.82, 2.24) is 0 Å². The molecule has 0 aromatic heterocycles. The summed E-state index contributed by atoms with van der Waals surface area (Å²) in [5.74, 6) is 1.52. The van der Waals surface area contributed by atoms with Gasteiger partial charge in [-0.3, -0.25) is 0 Å². The Labute approximate surface area is 433 Å². The maximum absolute atomic E-state index is 13.3. The van der Waals surface area contributed by atoms with Crippen molar-refractivity contribution in [3.05, 3.63) is 144 Å². The molecule has 390 valence electrons. The number of methoxy groups -OCH3 is 4. The first-order valence-electron chi connectivity index (χ1n) is 25.0. The fraction of sp³-hybridized carbons (Fsp3) is 0.333. The third kappa shape index (κ3) is 15.0. The topological polar surface area (TPSA) is 161 Å². The minimum Gasteiger partial charge on any atom is -0.496 e. The number of rotatable bonds is 27. The molecular weight excluding hydrogens is 945 g/mol. The fourth-order valence-corrected chi connectivity index (χ4v) is 7.90. The van der Waals surface area contributed by atoms with Crippen molar-refractivity contribution in [3.8, 4) is 68.6 Å².